The van der Waals surface area contributed by atoms with Crippen molar-refractivity contribution < 1.29 is 18.0 Å². The van der Waals surface area contributed by atoms with Crippen molar-refractivity contribution >= 4 is 21.8 Å². The Morgan fingerprint density at radius 2 is 1.96 bits per heavy atom. The molecule has 3 atom stereocenters. The SMILES string of the molecule is CCCCN(CN1C(=O)NC2(CC(C)CC(C)(C)C2)C1=O)C1CCS(=O)(=O)C1. The highest BCUT2D eigenvalue weighted by molar-refractivity contribution is 7.91. The minimum atomic E-state index is -3.02. The molecule has 28 heavy (non-hydrogen) atoms. The lowest BCUT2D eigenvalue weighted by molar-refractivity contribution is -0.136. The van der Waals surface area contributed by atoms with E-state index in [0.717, 1.165) is 19.3 Å². The maximum absolute atomic E-state index is 13.4. The summed E-state index contributed by atoms with van der Waals surface area (Å²) in [4.78, 5) is 29.5. The molecule has 3 unspecified atom stereocenters. The fourth-order valence-electron chi connectivity index (χ4n) is 5.61. The molecule has 1 N–H and O–H groups in total. The first-order valence-electron chi connectivity index (χ1n) is 10.6. The molecule has 2 saturated heterocycles. The molecule has 0 bridgehead atoms. The summed E-state index contributed by atoms with van der Waals surface area (Å²) in [7, 11) is -3.02. The first kappa shape index (κ1) is 21.6. The summed E-state index contributed by atoms with van der Waals surface area (Å²) in [5, 5.41) is 3.02. The molecule has 160 valence electrons. The molecule has 7 nitrogen and oxygen atoms in total. The third-order valence-electron chi connectivity index (χ3n) is 6.47. The second-order valence-corrected chi connectivity index (χ2v) is 12.2. The van der Waals surface area contributed by atoms with Gasteiger partial charge in [-0.2, -0.15) is 0 Å². The van der Waals surface area contributed by atoms with Crippen LogP contribution >= 0.6 is 0 Å². The summed E-state index contributed by atoms with van der Waals surface area (Å²) in [5.41, 5.74) is -0.811. The van der Waals surface area contributed by atoms with E-state index in [9.17, 15) is 18.0 Å². The van der Waals surface area contributed by atoms with Crippen LogP contribution in [-0.2, 0) is 14.6 Å². The normalized spacial score (nSPS) is 34.4. The molecule has 0 aromatic heterocycles. The quantitative estimate of drug-likeness (QED) is 0.676. The van der Waals surface area contributed by atoms with Crippen LogP contribution in [0.15, 0.2) is 0 Å². The molecule has 8 heteroatoms. The molecular formula is C20H35N3O4S. The summed E-state index contributed by atoms with van der Waals surface area (Å²) in [6.45, 7) is 9.41. The largest absolute Gasteiger partial charge is 0.326 e. The first-order chi connectivity index (χ1) is 13.0. The van der Waals surface area contributed by atoms with Crippen LogP contribution in [0.1, 0.15) is 66.2 Å². The molecule has 2 aliphatic heterocycles. The van der Waals surface area contributed by atoms with Crippen LogP contribution in [-0.4, -0.2) is 66.5 Å². The van der Waals surface area contributed by atoms with E-state index in [4.69, 9.17) is 0 Å². The van der Waals surface area contributed by atoms with Gasteiger partial charge in [-0.25, -0.2) is 18.1 Å². The van der Waals surface area contributed by atoms with Crippen LogP contribution in [0.25, 0.3) is 0 Å². The van der Waals surface area contributed by atoms with Gasteiger partial charge in [0.2, 0.25) is 0 Å². The third kappa shape index (κ3) is 4.37. The number of hydrogen-bond acceptors (Lipinski definition) is 5. The van der Waals surface area contributed by atoms with Gasteiger partial charge in [-0.3, -0.25) is 9.69 Å². The van der Waals surface area contributed by atoms with Crippen LogP contribution in [0.3, 0.4) is 0 Å². The van der Waals surface area contributed by atoms with Gasteiger partial charge in [0.1, 0.15) is 5.54 Å². The van der Waals surface area contributed by atoms with Crippen molar-refractivity contribution in [1.82, 2.24) is 15.1 Å². The van der Waals surface area contributed by atoms with E-state index in [-0.39, 0.29) is 41.6 Å². The van der Waals surface area contributed by atoms with E-state index in [1.54, 1.807) is 0 Å². The molecule has 1 spiro atoms. The summed E-state index contributed by atoms with van der Waals surface area (Å²) in [6.07, 6.45) is 4.83. The van der Waals surface area contributed by atoms with Gasteiger partial charge in [0, 0.05) is 12.6 Å². The molecule has 1 aliphatic carbocycles. The standard InChI is InChI=1S/C20H35N3O4S/c1-5-6-8-22(16-7-9-28(26,27)12-16)14-23-17(24)20(21-18(23)25)11-15(2)10-19(3,4)13-20/h15-16H,5-14H2,1-4H3,(H,21,25). The minimum Gasteiger partial charge on any atom is -0.323 e. The summed E-state index contributed by atoms with van der Waals surface area (Å²) in [6, 6.07) is -0.451. The number of rotatable bonds is 6. The van der Waals surface area contributed by atoms with Crippen molar-refractivity contribution in [2.24, 2.45) is 11.3 Å². The van der Waals surface area contributed by atoms with Gasteiger partial charge >= 0.3 is 6.03 Å². The fourth-order valence-corrected chi connectivity index (χ4v) is 7.37. The summed E-state index contributed by atoms with van der Waals surface area (Å²) < 4.78 is 23.9. The number of nitrogens with zero attached hydrogens (tertiary/aromatic N) is 2. The zero-order valence-corrected chi connectivity index (χ0v) is 18.5. The number of sulfone groups is 1. The maximum Gasteiger partial charge on any atom is 0.326 e. The van der Waals surface area contributed by atoms with E-state index >= 15 is 0 Å². The molecule has 2 heterocycles. The Morgan fingerprint density at radius 1 is 1.25 bits per heavy atom. The number of unbranched alkanes of at least 4 members (excludes halogenated alkanes) is 1. The van der Waals surface area contributed by atoms with E-state index in [0.29, 0.717) is 31.7 Å². The van der Waals surface area contributed by atoms with Gasteiger partial charge in [0.15, 0.2) is 9.84 Å². The van der Waals surface area contributed by atoms with Crippen LogP contribution < -0.4 is 5.32 Å². The average molecular weight is 414 g/mol. The Balaban J connectivity index is 1.78. The Bertz CT molecular complexity index is 736. The number of amides is 3. The molecule has 3 aliphatic rings. The van der Waals surface area contributed by atoms with Crippen molar-refractivity contribution in [3.05, 3.63) is 0 Å². The first-order valence-corrected chi connectivity index (χ1v) is 12.4. The molecule has 3 rings (SSSR count). The van der Waals surface area contributed by atoms with Crippen molar-refractivity contribution in [3.63, 3.8) is 0 Å². The highest BCUT2D eigenvalue weighted by atomic mass is 32.2. The topological polar surface area (TPSA) is 86.8 Å². The van der Waals surface area contributed by atoms with Gasteiger partial charge in [-0.05, 0) is 43.4 Å². The smallest absolute Gasteiger partial charge is 0.323 e. The molecule has 0 radical (unpaired) electrons. The summed E-state index contributed by atoms with van der Waals surface area (Å²) in [5.74, 6) is 0.537. The van der Waals surface area contributed by atoms with Crippen molar-refractivity contribution in [2.45, 2.75) is 77.8 Å². The Morgan fingerprint density at radius 3 is 2.54 bits per heavy atom. The van der Waals surface area contributed by atoms with Gasteiger partial charge in [0.05, 0.1) is 18.2 Å². The Labute approximate surface area is 169 Å². The van der Waals surface area contributed by atoms with Crippen LogP contribution in [0.4, 0.5) is 4.79 Å². The van der Waals surface area contributed by atoms with Crippen molar-refractivity contribution in [3.8, 4) is 0 Å². The van der Waals surface area contributed by atoms with Crippen LogP contribution in [0, 0.1) is 11.3 Å². The van der Waals surface area contributed by atoms with Crippen LogP contribution in [0.5, 0.6) is 0 Å². The number of imide groups is 1. The highest BCUT2D eigenvalue weighted by Gasteiger charge is 2.56. The molecule has 0 aromatic carbocycles. The summed E-state index contributed by atoms with van der Waals surface area (Å²) >= 11 is 0. The number of urea groups is 1. The predicted molar refractivity (Wildman–Crippen MR) is 108 cm³/mol. The molecular weight excluding hydrogens is 378 g/mol. The second kappa shape index (κ2) is 7.59. The van der Waals surface area contributed by atoms with Crippen molar-refractivity contribution in [1.29, 1.82) is 0 Å². The number of carbonyl (C=O) groups excluding carboxylic acids is 2. The van der Waals surface area contributed by atoms with E-state index < -0.39 is 15.4 Å². The van der Waals surface area contributed by atoms with E-state index in [2.05, 4.69) is 33.0 Å². The zero-order chi connectivity index (χ0) is 20.7. The van der Waals surface area contributed by atoms with Gasteiger partial charge in [-0.1, -0.05) is 34.1 Å². The van der Waals surface area contributed by atoms with Gasteiger partial charge in [-0.15, -0.1) is 0 Å². The monoisotopic (exact) mass is 413 g/mol. The lowest BCUT2D eigenvalue weighted by Gasteiger charge is -2.44. The van der Waals surface area contributed by atoms with Crippen molar-refractivity contribution in [2.75, 3.05) is 24.7 Å². The van der Waals surface area contributed by atoms with Gasteiger partial charge in [0.25, 0.3) is 5.91 Å². The molecule has 3 amide bonds. The molecule has 1 saturated carbocycles. The Kier molecular flexibility index (Phi) is 5.85. The average Bonchev–Trinajstić information content (AvgIpc) is 3.01. The third-order valence-corrected chi connectivity index (χ3v) is 8.22. The lowest BCUT2D eigenvalue weighted by Crippen LogP contribution is -2.54. The van der Waals surface area contributed by atoms with Gasteiger partial charge < -0.3 is 5.32 Å². The van der Waals surface area contributed by atoms with E-state index in [1.807, 2.05) is 4.90 Å². The molecule has 0 aromatic rings. The zero-order valence-electron chi connectivity index (χ0n) is 17.7. The fraction of sp³-hybridized carbons (Fsp3) is 0.900. The van der Waals surface area contributed by atoms with E-state index in [1.165, 1.54) is 4.90 Å². The number of carbonyl (C=O) groups is 2. The number of nitrogens with one attached hydrogen (secondary N) is 1. The highest BCUT2D eigenvalue weighted by Crippen LogP contribution is 2.46. The minimum absolute atomic E-state index is 0.00194. The second-order valence-electron chi connectivity index (χ2n) is 9.96. The van der Waals surface area contributed by atoms with Crippen LogP contribution in [0.2, 0.25) is 0 Å². The lowest BCUT2D eigenvalue weighted by atomic mass is 9.64. The predicted octanol–water partition coefficient (Wildman–Crippen LogP) is 2.37. The number of hydrogen-bond donors (Lipinski definition) is 1. The Hall–Kier alpha value is -1.15. The molecule has 3 fully saturated rings. The maximum atomic E-state index is 13.4.